The highest BCUT2D eigenvalue weighted by Crippen LogP contribution is 2.29. The SMILES string of the molecule is CCO[Si](OCC)(OCC)C(CC)Oc1ccc(C)cc1-n1nc2ccccc2n1. The third-order valence-electron chi connectivity index (χ3n) is 4.69. The van der Waals surface area contributed by atoms with E-state index in [0.29, 0.717) is 32.0 Å². The van der Waals surface area contributed by atoms with Crippen molar-refractivity contribution < 1.29 is 18.0 Å². The Morgan fingerprint density at radius 2 is 1.43 bits per heavy atom. The lowest BCUT2D eigenvalue weighted by atomic mass is 10.2. The summed E-state index contributed by atoms with van der Waals surface area (Å²) in [5.74, 6) is 0.670. The maximum absolute atomic E-state index is 6.51. The molecule has 0 spiro atoms. The number of aryl methyl sites for hydroxylation is 1. The molecule has 8 heteroatoms. The van der Waals surface area contributed by atoms with Crippen molar-refractivity contribution in [3.63, 3.8) is 0 Å². The number of aromatic nitrogens is 3. The van der Waals surface area contributed by atoms with Gasteiger partial charge in [-0.1, -0.05) is 25.1 Å². The summed E-state index contributed by atoms with van der Waals surface area (Å²) in [7, 11) is -3.05. The van der Waals surface area contributed by atoms with Crippen LogP contribution in [-0.2, 0) is 13.3 Å². The van der Waals surface area contributed by atoms with Gasteiger partial charge < -0.3 is 18.0 Å². The van der Waals surface area contributed by atoms with Crippen molar-refractivity contribution in [2.24, 2.45) is 0 Å². The highest BCUT2D eigenvalue weighted by molar-refractivity contribution is 6.62. The van der Waals surface area contributed by atoms with E-state index in [2.05, 4.69) is 17.1 Å². The van der Waals surface area contributed by atoms with Crippen molar-refractivity contribution in [3.8, 4) is 11.4 Å². The van der Waals surface area contributed by atoms with E-state index in [-0.39, 0.29) is 5.73 Å². The molecule has 3 rings (SSSR count). The third kappa shape index (κ3) is 4.72. The molecule has 1 aromatic heterocycles. The van der Waals surface area contributed by atoms with Crippen LogP contribution >= 0.6 is 0 Å². The molecule has 0 saturated carbocycles. The van der Waals surface area contributed by atoms with Crippen molar-refractivity contribution in [1.82, 2.24) is 15.0 Å². The quantitative estimate of drug-likeness (QED) is 0.419. The Labute approximate surface area is 179 Å². The van der Waals surface area contributed by atoms with Crippen LogP contribution < -0.4 is 4.74 Å². The Kier molecular flexibility index (Phi) is 7.60. The first-order valence-corrected chi connectivity index (χ1v) is 12.4. The molecule has 0 amide bonds. The Morgan fingerprint density at radius 1 is 0.867 bits per heavy atom. The lowest BCUT2D eigenvalue weighted by Crippen LogP contribution is -2.58. The minimum atomic E-state index is -3.05. The molecule has 162 valence electrons. The van der Waals surface area contributed by atoms with E-state index >= 15 is 0 Å². The van der Waals surface area contributed by atoms with Gasteiger partial charge in [0.1, 0.15) is 22.5 Å². The molecular formula is C22H31N3O4Si. The summed E-state index contributed by atoms with van der Waals surface area (Å²) in [5, 5.41) is 9.26. The summed E-state index contributed by atoms with van der Waals surface area (Å²) in [5.41, 5.74) is 3.19. The third-order valence-corrected chi connectivity index (χ3v) is 8.08. The zero-order chi connectivity index (χ0) is 21.6. The van der Waals surface area contributed by atoms with Crippen LogP contribution in [0.5, 0.6) is 5.75 Å². The highest BCUT2D eigenvalue weighted by atomic mass is 28.4. The van der Waals surface area contributed by atoms with Crippen molar-refractivity contribution >= 4 is 19.8 Å². The maximum atomic E-state index is 6.51. The molecule has 0 aliphatic heterocycles. The molecular weight excluding hydrogens is 398 g/mol. The molecule has 0 aliphatic carbocycles. The summed E-state index contributed by atoms with van der Waals surface area (Å²) < 4.78 is 24.8. The average Bonchev–Trinajstić information content (AvgIpc) is 3.17. The van der Waals surface area contributed by atoms with Crippen molar-refractivity contribution in [1.29, 1.82) is 0 Å². The van der Waals surface area contributed by atoms with Crippen molar-refractivity contribution in [3.05, 3.63) is 48.0 Å². The lowest BCUT2D eigenvalue weighted by Gasteiger charge is -2.34. The molecule has 0 fully saturated rings. The molecule has 1 heterocycles. The van der Waals surface area contributed by atoms with Gasteiger partial charge in [0, 0.05) is 19.8 Å². The van der Waals surface area contributed by atoms with Gasteiger partial charge in [0.05, 0.1) is 0 Å². The van der Waals surface area contributed by atoms with Gasteiger partial charge in [0.15, 0.2) is 5.73 Å². The maximum Gasteiger partial charge on any atom is 0.543 e. The van der Waals surface area contributed by atoms with Gasteiger partial charge in [-0.3, -0.25) is 0 Å². The van der Waals surface area contributed by atoms with Crippen LogP contribution in [0.1, 0.15) is 39.7 Å². The van der Waals surface area contributed by atoms with Crippen LogP contribution in [0.25, 0.3) is 16.7 Å². The van der Waals surface area contributed by atoms with Gasteiger partial charge in [-0.05, 0) is 63.9 Å². The number of ether oxygens (including phenoxy) is 1. The second-order valence-corrected chi connectivity index (χ2v) is 9.58. The van der Waals surface area contributed by atoms with Crippen LogP contribution in [-0.4, -0.2) is 49.3 Å². The Hall–Kier alpha value is -2.26. The van der Waals surface area contributed by atoms with Gasteiger partial charge in [-0.15, -0.1) is 15.0 Å². The van der Waals surface area contributed by atoms with E-state index in [0.717, 1.165) is 22.3 Å². The molecule has 1 unspecified atom stereocenters. The standard InChI is InChI=1S/C22H31N3O4Si/c1-6-22(30(26-7-2,27-8-3)28-9-4)29-21-15-14-17(5)16-20(21)25-23-18-12-10-11-13-19(18)24-25/h10-16,22H,6-9H2,1-5H3. The van der Waals surface area contributed by atoms with E-state index in [9.17, 15) is 0 Å². The molecule has 0 N–H and O–H groups in total. The van der Waals surface area contributed by atoms with Crippen molar-refractivity contribution in [2.45, 2.75) is 46.8 Å². The molecule has 1 atom stereocenters. The zero-order valence-corrected chi connectivity index (χ0v) is 19.4. The molecule has 3 aromatic rings. The summed E-state index contributed by atoms with van der Waals surface area (Å²) >= 11 is 0. The molecule has 0 bridgehead atoms. The van der Waals surface area contributed by atoms with Crippen LogP contribution in [0.3, 0.4) is 0 Å². The fourth-order valence-corrected chi connectivity index (χ4v) is 6.20. The van der Waals surface area contributed by atoms with Gasteiger partial charge >= 0.3 is 8.80 Å². The number of benzene rings is 2. The number of nitrogens with zero attached hydrogens (tertiary/aromatic N) is 3. The van der Waals surface area contributed by atoms with E-state index in [4.69, 9.17) is 18.0 Å². The van der Waals surface area contributed by atoms with E-state index in [1.165, 1.54) is 0 Å². The number of hydrogen-bond donors (Lipinski definition) is 0. The van der Waals surface area contributed by atoms with Gasteiger partial charge in [-0.2, -0.15) is 0 Å². The second kappa shape index (κ2) is 10.2. The summed E-state index contributed by atoms with van der Waals surface area (Å²) in [6, 6.07) is 13.8. The normalized spacial score (nSPS) is 13.0. The largest absolute Gasteiger partial charge is 0.543 e. The van der Waals surface area contributed by atoms with Crippen LogP contribution in [0, 0.1) is 6.92 Å². The topological polar surface area (TPSA) is 67.6 Å². The first kappa shape index (κ1) is 22.4. The minimum absolute atomic E-state index is 0.344. The predicted octanol–water partition coefficient (Wildman–Crippen LogP) is 4.47. The van der Waals surface area contributed by atoms with Crippen LogP contribution in [0.2, 0.25) is 0 Å². The molecule has 30 heavy (non-hydrogen) atoms. The number of rotatable bonds is 11. The first-order valence-electron chi connectivity index (χ1n) is 10.6. The summed E-state index contributed by atoms with van der Waals surface area (Å²) in [6.07, 6.45) is 0.689. The van der Waals surface area contributed by atoms with Crippen LogP contribution in [0.15, 0.2) is 42.5 Å². The average molecular weight is 430 g/mol. The molecule has 0 radical (unpaired) electrons. The fourth-order valence-electron chi connectivity index (χ4n) is 3.42. The molecule has 2 aromatic carbocycles. The summed E-state index contributed by atoms with van der Waals surface area (Å²) in [4.78, 5) is 1.63. The minimum Gasteiger partial charge on any atom is -0.483 e. The molecule has 7 nitrogen and oxygen atoms in total. The Bertz CT molecular complexity index is 912. The van der Waals surface area contributed by atoms with E-state index in [1.54, 1.807) is 4.80 Å². The predicted molar refractivity (Wildman–Crippen MR) is 119 cm³/mol. The second-order valence-electron chi connectivity index (χ2n) is 6.87. The first-order chi connectivity index (χ1) is 14.6. The Balaban J connectivity index is 2.02. The number of fused-ring (bicyclic) bond motifs is 1. The van der Waals surface area contributed by atoms with Gasteiger partial charge in [0.2, 0.25) is 0 Å². The smallest absolute Gasteiger partial charge is 0.483 e. The molecule has 0 saturated heterocycles. The van der Waals surface area contributed by atoms with Gasteiger partial charge in [-0.25, -0.2) is 0 Å². The zero-order valence-electron chi connectivity index (χ0n) is 18.4. The highest BCUT2D eigenvalue weighted by Gasteiger charge is 2.51. The monoisotopic (exact) mass is 429 g/mol. The van der Waals surface area contributed by atoms with E-state index in [1.807, 2.05) is 70.2 Å². The Morgan fingerprint density at radius 3 is 1.93 bits per heavy atom. The fraction of sp³-hybridized carbons (Fsp3) is 0.455. The van der Waals surface area contributed by atoms with Gasteiger partial charge in [0.25, 0.3) is 0 Å². The molecule has 0 aliphatic rings. The summed E-state index contributed by atoms with van der Waals surface area (Å²) in [6.45, 7) is 11.4. The van der Waals surface area contributed by atoms with E-state index < -0.39 is 8.80 Å². The lowest BCUT2D eigenvalue weighted by molar-refractivity contribution is 0.0283. The number of hydrogen-bond acceptors (Lipinski definition) is 6. The van der Waals surface area contributed by atoms with Crippen LogP contribution in [0.4, 0.5) is 0 Å². The van der Waals surface area contributed by atoms with Crippen molar-refractivity contribution in [2.75, 3.05) is 19.8 Å².